The molecule has 7 nitrogen and oxygen atoms in total. The first-order chi connectivity index (χ1) is 10.5. The van der Waals surface area contributed by atoms with E-state index in [1.54, 1.807) is 6.92 Å². The summed E-state index contributed by atoms with van der Waals surface area (Å²) in [7, 11) is 2.20. The molecule has 0 heterocycles. The second-order valence-electron chi connectivity index (χ2n) is 6.60. The highest BCUT2D eigenvalue weighted by Gasteiger charge is 2.20. The number of carbonyl (C=O) groups is 1. The van der Waals surface area contributed by atoms with Crippen molar-refractivity contribution in [1.82, 2.24) is 5.32 Å². The van der Waals surface area contributed by atoms with Gasteiger partial charge in [0.05, 0.1) is 40.9 Å². The first-order valence-electron chi connectivity index (χ1n) is 7.89. The highest BCUT2D eigenvalue weighted by molar-refractivity contribution is 7.47. The molecule has 0 saturated heterocycles. The molecule has 0 radical (unpaired) electrons. The van der Waals surface area contributed by atoms with Crippen molar-refractivity contribution in [2.75, 3.05) is 47.4 Å². The molecule has 0 aromatic carbocycles. The predicted octanol–water partition coefficient (Wildman–Crippen LogP) is 2.08. The highest BCUT2D eigenvalue weighted by Crippen LogP contribution is 2.43. The van der Waals surface area contributed by atoms with Crippen molar-refractivity contribution in [2.45, 2.75) is 32.6 Å². The van der Waals surface area contributed by atoms with Gasteiger partial charge in [-0.05, 0) is 26.2 Å². The van der Waals surface area contributed by atoms with Crippen LogP contribution in [0, 0.1) is 0 Å². The Labute approximate surface area is 139 Å². The number of unbranched alkanes of at least 4 members (excludes halogenated alkanes) is 2. The quantitative estimate of drug-likeness (QED) is 0.230. The molecule has 0 saturated carbocycles. The summed E-state index contributed by atoms with van der Waals surface area (Å²) < 4.78 is 22.2. The zero-order valence-electron chi connectivity index (χ0n) is 14.8. The van der Waals surface area contributed by atoms with Gasteiger partial charge >= 0.3 is 7.82 Å². The molecule has 0 aromatic rings. The molecule has 0 aromatic heterocycles. The first kappa shape index (κ1) is 22.3. The van der Waals surface area contributed by atoms with Crippen LogP contribution < -0.4 is 5.32 Å². The molecule has 0 fully saturated rings. The number of rotatable bonds is 13. The van der Waals surface area contributed by atoms with Crippen LogP contribution in [0.15, 0.2) is 12.2 Å². The summed E-state index contributed by atoms with van der Waals surface area (Å²) in [5.74, 6) is -0.150. The van der Waals surface area contributed by atoms with Gasteiger partial charge in [-0.1, -0.05) is 6.58 Å². The number of hydrogen-bond donors (Lipinski definition) is 2. The van der Waals surface area contributed by atoms with Crippen LogP contribution >= 0.6 is 7.82 Å². The van der Waals surface area contributed by atoms with Gasteiger partial charge in [0.15, 0.2) is 0 Å². The third-order valence-corrected chi connectivity index (χ3v) is 3.99. The van der Waals surface area contributed by atoms with Crippen LogP contribution in [0.3, 0.4) is 0 Å². The lowest BCUT2D eigenvalue weighted by Gasteiger charge is -2.23. The van der Waals surface area contributed by atoms with Gasteiger partial charge < -0.3 is 14.7 Å². The molecule has 0 rings (SSSR count). The van der Waals surface area contributed by atoms with Gasteiger partial charge in [0, 0.05) is 18.5 Å². The molecule has 8 heteroatoms. The van der Waals surface area contributed by atoms with E-state index in [2.05, 4.69) is 11.9 Å². The predicted molar refractivity (Wildman–Crippen MR) is 90.9 cm³/mol. The number of quaternary nitrogens is 1. The minimum absolute atomic E-state index is 0.150. The lowest BCUT2D eigenvalue weighted by atomic mass is 10.2. The Balaban J connectivity index is 3.61. The molecule has 1 atom stereocenters. The van der Waals surface area contributed by atoms with Crippen molar-refractivity contribution in [1.29, 1.82) is 0 Å². The molecule has 0 aliphatic rings. The normalized spacial score (nSPS) is 14.3. The molecule has 23 heavy (non-hydrogen) atoms. The van der Waals surface area contributed by atoms with Crippen molar-refractivity contribution >= 4 is 13.7 Å². The van der Waals surface area contributed by atoms with Crippen LogP contribution in [0.4, 0.5) is 0 Å². The molecule has 0 aliphatic heterocycles. The smallest absolute Gasteiger partial charge is 0.352 e. The van der Waals surface area contributed by atoms with E-state index in [0.717, 1.165) is 23.9 Å². The van der Waals surface area contributed by atoms with E-state index < -0.39 is 7.82 Å². The van der Waals surface area contributed by atoms with Gasteiger partial charge in [-0.15, -0.1) is 0 Å². The Kier molecular flexibility index (Phi) is 10.6. The summed E-state index contributed by atoms with van der Waals surface area (Å²) >= 11 is 0. The van der Waals surface area contributed by atoms with E-state index in [1.807, 2.05) is 21.1 Å². The van der Waals surface area contributed by atoms with Crippen molar-refractivity contribution in [2.24, 2.45) is 0 Å². The average Bonchev–Trinajstić information content (AvgIpc) is 2.41. The number of phosphoric acid groups is 1. The topological polar surface area (TPSA) is 84.9 Å². The van der Waals surface area contributed by atoms with Crippen molar-refractivity contribution in [3.63, 3.8) is 0 Å². The molecule has 0 aliphatic carbocycles. The molecule has 1 amide bonds. The lowest BCUT2D eigenvalue weighted by Crippen LogP contribution is -2.35. The van der Waals surface area contributed by atoms with Crippen LogP contribution in [-0.2, 0) is 18.4 Å². The van der Waals surface area contributed by atoms with E-state index in [-0.39, 0.29) is 19.1 Å². The number of hydrogen-bond acceptors (Lipinski definition) is 4. The largest absolute Gasteiger partial charge is 0.472 e. The van der Waals surface area contributed by atoms with Gasteiger partial charge in [0.25, 0.3) is 0 Å². The second-order valence-corrected chi connectivity index (χ2v) is 8.05. The maximum Gasteiger partial charge on any atom is 0.472 e. The molecule has 1 unspecified atom stereocenters. The molecular weight excluding hydrogens is 319 g/mol. The summed E-state index contributed by atoms with van der Waals surface area (Å²) in [6.45, 7) is 6.99. The zero-order valence-corrected chi connectivity index (χ0v) is 15.7. The Morgan fingerprint density at radius 1 is 1.13 bits per heavy atom. The second kappa shape index (κ2) is 10.9. The van der Waals surface area contributed by atoms with Gasteiger partial charge in [-0.2, -0.15) is 0 Å². The van der Waals surface area contributed by atoms with Crippen LogP contribution in [0.2, 0.25) is 0 Å². The van der Waals surface area contributed by atoms with Gasteiger partial charge in [0.2, 0.25) is 5.91 Å². The number of nitrogens with zero attached hydrogens (tertiary/aromatic N) is 1. The van der Waals surface area contributed by atoms with E-state index in [4.69, 9.17) is 9.05 Å². The maximum atomic E-state index is 11.6. The Morgan fingerprint density at radius 3 is 2.22 bits per heavy atom. The third-order valence-electron chi connectivity index (χ3n) is 2.98. The maximum absolute atomic E-state index is 11.6. The first-order valence-corrected chi connectivity index (χ1v) is 9.39. The fourth-order valence-electron chi connectivity index (χ4n) is 1.69. The third kappa shape index (κ3) is 14.6. The van der Waals surface area contributed by atoms with Gasteiger partial charge in [0.1, 0.15) is 0 Å². The highest BCUT2D eigenvalue weighted by atomic mass is 31.2. The minimum Gasteiger partial charge on any atom is -0.352 e. The SMILES string of the molecule is C=C(C)C(=O)NCCCCCOP(=O)(O)OCCC[N+](C)(C)C. The number of phosphoric ester groups is 1. The summed E-state index contributed by atoms with van der Waals surface area (Å²) in [4.78, 5) is 20.7. The number of nitrogens with one attached hydrogen (secondary N) is 1. The monoisotopic (exact) mass is 351 g/mol. The Morgan fingerprint density at radius 2 is 1.70 bits per heavy atom. The number of carbonyl (C=O) groups excluding carboxylic acids is 1. The van der Waals surface area contributed by atoms with Crippen molar-refractivity contribution in [3.8, 4) is 0 Å². The molecule has 136 valence electrons. The summed E-state index contributed by atoms with van der Waals surface area (Å²) in [5, 5.41) is 2.73. The van der Waals surface area contributed by atoms with Crippen LogP contribution in [0.5, 0.6) is 0 Å². The van der Waals surface area contributed by atoms with E-state index >= 15 is 0 Å². The lowest BCUT2D eigenvalue weighted by molar-refractivity contribution is -0.870. The Bertz CT molecular complexity index is 421. The van der Waals surface area contributed by atoms with Crippen LogP contribution in [-0.4, -0.2) is 62.7 Å². The average molecular weight is 351 g/mol. The summed E-state index contributed by atoms with van der Waals surface area (Å²) in [6, 6.07) is 0. The fraction of sp³-hybridized carbons (Fsp3) is 0.800. The zero-order chi connectivity index (χ0) is 17.9. The van der Waals surface area contributed by atoms with Crippen molar-refractivity contribution < 1.29 is 27.8 Å². The van der Waals surface area contributed by atoms with E-state index in [9.17, 15) is 14.3 Å². The Hall–Kier alpha value is -0.720. The van der Waals surface area contributed by atoms with E-state index in [0.29, 0.717) is 25.0 Å². The molecular formula is C15H32N2O5P+. The van der Waals surface area contributed by atoms with Crippen molar-refractivity contribution in [3.05, 3.63) is 12.2 Å². The standard InChI is InChI=1S/C15H31N2O5P/c1-14(2)15(18)16-10-7-6-8-12-21-23(19,20)22-13-9-11-17(3,4)5/h1,6-13H2,2-5H3,(H-,16,18,19,20)/p+1. The van der Waals surface area contributed by atoms with Crippen LogP contribution in [0.25, 0.3) is 0 Å². The summed E-state index contributed by atoms with van der Waals surface area (Å²) in [6.07, 6.45) is 2.90. The number of amides is 1. The van der Waals surface area contributed by atoms with Gasteiger partial charge in [-0.3, -0.25) is 13.8 Å². The fourth-order valence-corrected chi connectivity index (χ4v) is 2.49. The molecule has 0 spiro atoms. The van der Waals surface area contributed by atoms with Gasteiger partial charge in [-0.25, -0.2) is 4.57 Å². The van der Waals surface area contributed by atoms with Crippen LogP contribution in [0.1, 0.15) is 32.6 Å². The van der Waals surface area contributed by atoms with E-state index in [1.165, 1.54) is 0 Å². The minimum atomic E-state index is -3.95. The molecule has 0 bridgehead atoms. The molecule has 2 N–H and O–H groups in total. The summed E-state index contributed by atoms with van der Waals surface area (Å²) in [5.41, 5.74) is 0.483.